The summed E-state index contributed by atoms with van der Waals surface area (Å²) >= 11 is 0. The smallest absolute Gasteiger partial charge is 0.235 e. The Kier molecular flexibility index (Phi) is 3.82. The number of aliphatic imine (C=N–C) groups is 1. The third kappa shape index (κ3) is 3.18. The topological polar surface area (TPSA) is 83.8 Å². The summed E-state index contributed by atoms with van der Waals surface area (Å²) in [6.45, 7) is 1.52. The molecule has 0 bridgehead atoms. The van der Waals surface area contributed by atoms with Crippen LogP contribution in [0.25, 0.3) is 0 Å². The molecule has 0 fully saturated rings. The molecule has 0 saturated carbocycles. The number of phenols is 1. The van der Waals surface area contributed by atoms with Crippen LogP contribution in [0.3, 0.4) is 0 Å². The zero-order valence-corrected chi connectivity index (χ0v) is 9.44. The monoisotopic (exact) mass is 241 g/mol. The number of benzene rings is 1. The van der Waals surface area contributed by atoms with Crippen LogP contribution in [0.4, 0.5) is 0 Å². The van der Waals surface area contributed by atoms with E-state index in [1.165, 1.54) is 37.3 Å². The van der Waals surface area contributed by atoms with E-state index in [9.17, 15) is 13.2 Å². The Morgan fingerprint density at radius 3 is 2.44 bits per heavy atom. The Morgan fingerprint density at radius 1 is 1.38 bits per heavy atom. The summed E-state index contributed by atoms with van der Waals surface area (Å²) in [6.07, 6.45) is 1.32. The zero-order chi connectivity index (χ0) is 12.2. The van der Waals surface area contributed by atoms with Gasteiger partial charge in [0.15, 0.2) is 9.84 Å². The second-order valence-corrected chi connectivity index (χ2v) is 5.38. The van der Waals surface area contributed by atoms with Gasteiger partial charge in [0.25, 0.3) is 0 Å². The average molecular weight is 241 g/mol. The van der Waals surface area contributed by atoms with E-state index in [4.69, 9.17) is 5.11 Å². The first-order valence-electron chi connectivity index (χ1n) is 4.54. The first-order valence-corrected chi connectivity index (χ1v) is 6.19. The SMILES string of the molecule is CC(CS(=O)(=O)c1ccc(O)cc1)N=C=O. The van der Waals surface area contributed by atoms with Gasteiger partial charge in [0, 0.05) is 0 Å². The van der Waals surface area contributed by atoms with Crippen molar-refractivity contribution in [3.05, 3.63) is 24.3 Å². The van der Waals surface area contributed by atoms with E-state index in [0.717, 1.165) is 0 Å². The zero-order valence-electron chi connectivity index (χ0n) is 8.62. The molecule has 1 aromatic carbocycles. The Bertz CT molecular complexity index is 500. The van der Waals surface area contributed by atoms with E-state index in [1.807, 2.05) is 0 Å². The molecular formula is C10H11NO4S. The van der Waals surface area contributed by atoms with Gasteiger partial charge in [-0.25, -0.2) is 18.2 Å². The highest BCUT2D eigenvalue weighted by Crippen LogP contribution is 2.16. The maximum absolute atomic E-state index is 11.8. The summed E-state index contributed by atoms with van der Waals surface area (Å²) in [5.74, 6) is -0.259. The van der Waals surface area contributed by atoms with Gasteiger partial charge in [0.05, 0.1) is 16.7 Å². The second kappa shape index (κ2) is 4.92. The molecule has 0 spiro atoms. The molecule has 16 heavy (non-hydrogen) atoms. The Morgan fingerprint density at radius 2 is 1.94 bits per heavy atom. The quantitative estimate of drug-likeness (QED) is 0.626. The van der Waals surface area contributed by atoms with E-state index < -0.39 is 15.9 Å². The molecule has 0 saturated heterocycles. The molecule has 0 aromatic heterocycles. The number of nitrogens with zero attached hydrogens (tertiary/aromatic N) is 1. The molecule has 1 aromatic rings. The third-order valence-corrected chi connectivity index (χ3v) is 3.84. The Hall–Kier alpha value is -1.65. The Balaban J connectivity index is 2.94. The molecule has 0 amide bonds. The highest BCUT2D eigenvalue weighted by Gasteiger charge is 2.17. The minimum Gasteiger partial charge on any atom is -0.508 e. The van der Waals surface area contributed by atoms with Gasteiger partial charge in [-0.05, 0) is 31.2 Å². The molecule has 0 heterocycles. The van der Waals surface area contributed by atoms with E-state index in [1.54, 1.807) is 0 Å². The van der Waals surface area contributed by atoms with E-state index in [-0.39, 0.29) is 16.4 Å². The van der Waals surface area contributed by atoms with Gasteiger partial charge < -0.3 is 5.11 Å². The number of isocyanates is 1. The number of hydrogen-bond donors (Lipinski definition) is 1. The standard InChI is InChI=1S/C10H11NO4S/c1-8(11-7-12)6-16(14,15)10-4-2-9(13)3-5-10/h2-5,8,13H,6H2,1H3. The first-order chi connectivity index (χ1) is 7.45. The maximum atomic E-state index is 11.8. The molecule has 1 unspecified atom stereocenters. The number of aromatic hydroxyl groups is 1. The molecule has 5 nitrogen and oxygen atoms in total. The molecule has 0 radical (unpaired) electrons. The van der Waals surface area contributed by atoms with Crippen LogP contribution < -0.4 is 0 Å². The summed E-state index contributed by atoms with van der Waals surface area (Å²) in [6, 6.07) is 4.57. The van der Waals surface area contributed by atoms with Crippen LogP contribution in [0.5, 0.6) is 5.75 Å². The summed E-state index contributed by atoms with van der Waals surface area (Å²) in [7, 11) is -3.48. The minimum absolute atomic E-state index is 0.00193. The fourth-order valence-electron chi connectivity index (χ4n) is 1.19. The lowest BCUT2D eigenvalue weighted by Crippen LogP contribution is -2.16. The van der Waals surface area contributed by atoms with Gasteiger partial charge >= 0.3 is 0 Å². The Labute approximate surface area is 93.4 Å². The number of rotatable bonds is 4. The van der Waals surface area contributed by atoms with Gasteiger partial charge in [0.2, 0.25) is 6.08 Å². The minimum atomic E-state index is -3.48. The molecule has 0 aliphatic heterocycles. The first kappa shape index (κ1) is 12.4. The summed E-state index contributed by atoms with van der Waals surface area (Å²) in [5.41, 5.74) is 0. The van der Waals surface area contributed by atoms with Gasteiger partial charge in [-0.2, -0.15) is 0 Å². The van der Waals surface area contributed by atoms with Crippen molar-refractivity contribution >= 4 is 15.9 Å². The number of hydrogen-bond acceptors (Lipinski definition) is 5. The number of sulfone groups is 1. The fourth-order valence-corrected chi connectivity index (χ4v) is 2.65. The number of carbonyl (C=O) groups excluding carboxylic acids is 1. The summed E-state index contributed by atoms with van der Waals surface area (Å²) in [5, 5.41) is 9.02. The van der Waals surface area contributed by atoms with Crippen molar-refractivity contribution in [2.24, 2.45) is 4.99 Å². The third-order valence-electron chi connectivity index (χ3n) is 1.93. The molecule has 6 heteroatoms. The predicted molar refractivity (Wildman–Crippen MR) is 57.7 cm³/mol. The van der Waals surface area contributed by atoms with E-state index in [0.29, 0.717) is 0 Å². The van der Waals surface area contributed by atoms with Crippen LogP contribution in [0, 0.1) is 0 Å². The van der Waals surface area contributed by atoms with Crippen molar-refractivity contribution < 1.29 is 18.3 Å². The van der Waals surface area contributed by atoms with Crippen LogP contribution >= 0.6 is 0 Å². The molecule has 1 rings (SSSR count). The van der Waals surface area contributed by atoms with Crippen LogP contribution in [-0.4, -0.2) is 31.4 Å². The van der Waals surface area contributed by atoms with Crippen molar-refractivity contribution in [2.75, 3.05) is 5.75 Å². The van der Waals surface area contributed by atoms with E-state index in [2.05, 4.69) is 4.99 Å². The molecule has 0 aliphatic carbocycles. The normalized spacial score (nSPS) is 12.8. The average Bonchev–Trinajstić information content (AvgIpc) is 2.17. The maximum Gasteiger partial charge on any atom is 0.235 e. The lowest BCUT2D eigenvalue weighted by atomic mass is 10.3. The van der Waals surface area contributed by atoms with Gasteiger partial charge in [-0.15, -0.1) is 0 Å². The number of phenolic OH excluding ortho intramolecular Hbond substituents is 1. The van der Waals surface area contributed by atoms with Crippen LogP contribution in [0.1, 0.15) is 6.92 Å². The highest BCUT2D eigenvalue weighted by atomic mass is 32.2. The van der Waals surface area contributed by atoms with Crippen molar-refractivity contribution in [3.8, 4) is 5.75 Å². The van der Waals surface area contributed by atoms with Crippen molar-refractivity contribution in [3.63, 3.8) is 0 Å². The van der Waals surface area contributed by atoms with Gasteiger partial charge in [-0.1, -0.05) is 0 Å². The fraction of sp³-hybridized carbons (Fsp3) is 0.300. The molecule has 1 N–H and O–H groups in total. The van der Waals surface area contributed by atoms with Crippen LogP contribution in [-0.2, 0) is 14.6 Å². The lowest BCUT2D eigenvalue weighted by molar-refractivity contribution is 0.475. The summed E-state index contributed by atoms with van der Waals surface area (Å²) < 4.78 is 23.5. The van der Waals surface area contributed by atoms with Crippen molar-refractivity contribution in [1.82, 2.24) is 0 Å². The van der Waals surface area contributed by atoms with Gasteiger partial charge in [-0.3, -0.25) is 0 Å². The molecule has 1 atom stereocenters. The second-order valence-electron chi connectivity index (χ2n) is 3.34. The van der Waals surface area contributed by atoms with Gasteiger partial charge in [0.1, 0.15) is 5.75 Å². The highest BCUT2D eigenvalue weighted by molar-refractivity contribution is 7.91. The van der Waals surface area contributed by atoms with Crippen LogP contribution in [0.2, 0.25) is 0 Å². The van der Waals surface area contributed by atoms with Crippen molar-refractivity contribution in [1.29, 1.82) is 0 Å². The molecule has 0 aliphatic rings. The van der Waals surface area contributed by atoms with Crippen LogP contribution in [0.15, 0.2) is 34.2 Å². The largest absolute Gasteiger partial charge is 0.508 e. The van der Waals surface area contributed by atoms with E-state index >= 15 is 0 Å². The molecular weight excluding hydrogens is 230 g/mol. The van der Waals surface area contributed by atoms with Crippen molar-refractivity contribution in [2.45, 2.75) is 17.9 Å². The predicted octanol–water partition coefficient (Wildman–Crippen LogP) is 0.890. The molecule has 86 valence electrons. The summed E-state index contributed by atoms with van der Waals surface area (Å²) in [4.78, 5) is 13.4. The lowest BCUT2D eigenvalue weighted by Gasteiger charge is -2.06.